The highest BCUT2D eigenvalue weighted by molar-refractivity contribution is 7.90. The van der Waals surface area contributed by atoms with E-state index in [9.17, 15) is 18.0 Å². The molecule has 1 heterocycles. The molecular weight excluding hydrogens is 334 g/mol. The van der Waals surface area contributed by atoms with E-state index in [0.717, 1.165) is 6.26 Å². The number of carbonyl (C=O) groups excluding carboxylic acids is 1. The van der Waals surface area contributed by atoms with Crippen molar-refractivity contribution < 1.29 is 27.9 Å². The highest BCUT2D eigenvalue weighted by Gasteiger charge is 2.27. The SMILES string of the molecule is COc1ccc(S(C)(=O)=O)cc1C(=O)N1CCC(CC(=O)O)CC1. The quantitative estimate of drug-likeness (QED) is 0.857. The molecule has 0 aliphatic carbocycles. The second-order valence-corrected chi connectivity index (χ2v) is 7.98. The molecule has 1 aliphatic rings. The molecular formula is C16H21NO6S. The molecule has 1 amide bonds. The van der Waals surface area contributed by atoms with Crippen molar-refractivity contribution in [2.75, 3.05) is 26.5 Å². The average Bonchev–Trinajstić information content (AvgIpc) is 2.53. The number of rotatable bonds is 5. The van der Waals surface area contributed by atoms with Gasteiger partial charge in [-0.1, -0.05) is 0 Å². The summed E-state index contributed by atoms with van der Waals surface area (Å²) in [6.07, 6.45) is 2.42. The number of sulfone groups is 1. The van der Waals surface area contributed by atoms with Gasteiger partial charge in [0.05, 0.1) is 17.6 Å². The first-order valence-electron chi connectivity index (χ1n) is 7.61. The molecule has 0 unspecified atom stereocenters. The van der Waals surface area contributed by atoms with Crippen LogP contribution in [0, 0.1) is 5.92 Å². The third-order valence-electron chi connectivity index (χ3n) is 4.19. The summed E-state index contributed by atoms with van der Waals surface area (Å²) >= 11 is 0. The Morgan fingerprint density at radius 2 is 1.92 bits per heavy atom. The van der Waals surface area contributed by atoms with Crippen LogP contribution in [0.5, 0.6) is 5.75 Å². The summed E-state index contributed by atoms with van der Waals surface area (Å²) < 4.78 is 28.6. The lowest BCUT2D eigenvalue weighted by Crippen LogP contribution is -2.39. The van der Waals surface area contributed by atoms with Crippen LogP contribution in [0.4, 0.5) is 0 Å². The molecule has 1 N–H and O–H groups in total. The predicted octanol–water partition coefficient (Wildman–Crippen LogP) is 1.43. The Labute approximate surface area is 141 Å². The molecule has 0 spiro atoms. The van der Waals surface area contributed by atoms with E-state index in [1.165, 1.54) is 25.3 Å². The van der Waals surface area contributed by atoms with Crippen LogP contribution in [-0.4, -0.2) is 56.8 Å². The molecule has 132 valence electrons. The first-order valence-corrected chi connectivity index (χ1v) is 9.50. The Balaban J connectivity index is 2.19. The molecule has 0 saturated carbocycles. The van der Waals surface area contributed by atoms with Gasteiger partial charge in [-0.05, 0) is 37.0 Å². The molecule has 1 fully saturated rings. The number of benzene rings is 1. The van der Waals surface area contributed by atoms with Crippen molar-refractivity contribution >= 4 is 21.7 Å². The Kier molecular flexibility index (Phi) is 5.48. The summed E-state index contributed by atoms with van der Waals surface area (Å²) in [5.74, 6) is -0.746. The van der Waals surface area contributed by atoms with Gasteiger partial charge in [0, 0.05) is 25.8 Å². The van der Waals surface area contributed by atoms with E-state index in [0.29, 0.717) is 31.7 Å². The van der Waals surface area contributed by atoms with E-state index in [2.05, 4.69) is 0 Å². The van der Waals surface area contributed by atoms with E-state index < -0.39 is 15.8 Å². The van der Waals surface area contributed by atoms with Gasteiger partial charge in [0.1, 0.15) is 5.75 Å². The molecule has 1 aromatic rings. The number of ether oxygens (including phenoxy) is 1. The lowest BCUT2D eigenvalue weighted by atomic mass is 9.93. The molecule has 24 heavy (non-hydrogen) atoms. The lowest BCUT2D eigenvalue weighted by Gasteiger charge is -2.31. The third kappa shape index (κ3) is 4.25. The predicted molar refractivity (Wildman–Crippen MR) is 87.0 cm³/mol. The van der Waals surface area contributed by atoms with Crippen molar-refractivity contribution in [1.29, 1.82) is 0 Å². The Morgan fingerprint density at radius 3 is 2.42 bits per heavy atom. The molecule has 0 radical (unpaired) electrons. The molecule has 1 saturated heterocycles. The number of aliphatic carboxylic acids is 1. The molecule has 1 aliphatic heterocycles. The molecule has 0 atom stereocenters. The zero-order chi connectivity index (χ0) is 17.9. The van der Waals surface area contributed by atoms with Crippen molar-refractivity contribution in [3.8, 4) is 5.75 Å². The van der Waals surface area contributed by atoms with Crippen LogP contribution >= 0.6 is 0 Å². The zero-order valence-electron chi connectivity index (χ0n) is 13.7. The van der Waals surface area contributed by atoms with Crippen LogP contribution in [0.15, 0.2) is 23.1 Å². The van der Waals surface area contributed by atoms with Crippen LogP contribution in [0.1, 0.15) is 29.6 Å². The fraction of sp³-hybridized carbons (Fsp3) is 0.500. The molecule has 0 aromatic heterocycles. The summed E-state index contributed by atoms with van der Waals surface area (Å²) in [6.45, 7) is 0.895. The first-order chi connectivity index (χ1) is 11.2. The fourth-order valence-electron chi connectivity index (χ4n) is 2.84. The van der Waals surface area contributed by atoms with Crippen LogP contribution in [0.2, 0.25) is 0 Å². The smallest absolute Gasteiger partial charge is 0.303 e. The van der Waals surface area contributed by atoms with Gasteiger partial charge < -0.3 is 14.7 Å². The van der Waals surface area contributed by atoms with E-state index in [1.54, 1.807) is 4.90 Å². The zero-order valence-corrected chi connectivity index (χ0v) is 14.5. The van der Waals surface area contributed by atoms with Gasteiger partial charge in [-0.15, -0.1) is 0 Å². The minimum Gasteiger partial charge on any atom is -0.496 e. The summed E-state index contributed by atoms with van der Waals surface area (Å²) in [5.41, 5.74) is 0.206. The molecule has 1 aromatic carbocycles. The summed E-state index contributed by atoms with van der Waals surface area (Å²) in [4.78, 5) is 25.2. The maximum atomic E-state index is 12.7. The summed E-state index contributed by atoms with van der Waals surface area (Å²) in [5, 5.41) is 8.84. The molecule has 2 rings (SSSR count). The number of piperidine rings is 1. The minimum absolute atomic E-state index is 0.0624. The number of carbonyl (C=O) groups is 2. The second kappa shape index (κ2) is 7.21. The number of nitrogens with zero attached hydrogens (tertiary/aromatic N) is 1. The highest BCUT2D eigenvalue weighted by Crippen LogP contribution is 2.27. The van der Waals surface area contributed by atoms with Crippen molar-refractivity contribution in [3.63, 3.8) is 0 Å². The number of amides is 1. The number of carboxylic acids is 1. The molecule has 8 heteroatoms. The van der Waals surface area contributed by atoms with Gasteiger partial charge in [-0.2, -0.15) is 0 Å². The van der Waals surface area contributed by atoms with Gasteiger partial charge in [-0.25, -0.2) is 8.42 Å². The van der Waals surface area contributed by atoms with Crippen molar-refractivity contribution in [1.82, 2.24) is 4.90 Å². The second-order valence-electron chi connectivity index (χ2n) is 5.97. The number of hydrogen-bond acceptors (Lipinski definition) is 5. The van der Waals surface area contributed by atoms with E-state index in [4.69, 9.17) is 9.84 Å². The van der Waals surface area contributed by atoms with Gasteiger partial charge in [0.2, 0.25) is 0 Å². The highest BCUT2D eigenvalue weighted by atomic mass is 32.2. The van der Waals surface area contributed by atoms with Crippen molar-refractivity contribution in [2.24, 2.45) is 5.92 Å². The van der Waals surface area contributed by atoms with Gasteiger partial charge in [-0.3, -0.25) is 9.59 Å². The fourth-order valence-corrected chi connectivity index (χ4v) is 3.49. The summed E-state index contributed by atoms with van der Waals surface area (Å²) in [6, 6.07) is 4.21. The lowest BCUT2D eigenvalue weighted by molar-refractivity contribution is -0.138. The van der Waals surface area contributed by atoms with Crippen LogP contribution in [0.3, 0.4) is 0 Å². The Morgan fingerprint density at radius 1 is 1.29 bits per heavy atom. The molecule has 0 bridgehead atoms. The number of likely N-dealkylation sites (tertiary alicyclic amines) is 1. The molecule has 7 nitrogen and oxygen atoms in total. The van der Waals surface area contributed by atoms with Crippen LogP contribution in [0.25, 0.3) is 0 Å². The normalized spacial score (nSPS) is 16.0. The van der Waals surface area contributed by atoms with Crippen molar-refractivity contribution in [2.45, 2.75) is 24.2 Å². The largest absolute Gasteiger partial charge is 0.496 e. The number of hydrogen-bond donors (Lipinski definition) is 1. The van der Waals surface area contributed by atoms with E-state index in [-0.39, 0.29) is 28.7 Å². The van der Waals surface area contributed by atoms with Crippen LogP contribution in [-0.2, 0) is 14.6 Å². The average molecular weight is 355 g/mol. The Bertz CT molecular complexity index is 735. The van der Waals surface area contributed by atoms with Crippen LogP contribution < -0.4 is 4.74 Å². The first kappa shape index (κ1) is 18.3. The third-order valence-corrected chi connectivity index (χ3v) is 5.30. The number of methoxy groups -OCH3 is 1. The summed E-state index contributed by atoms with van der Waals surface area (Å²) in [7, 11) is -2.01. The monoisotopic (exact) mass is 355 g/mol. The van der Waals surface area contributed by atoms with Crippen molar-refractivity contribution in [3.05, 3.63) is 23.8 Å². The number of carboxylic acid groups (broad SMARTS) is 1. The van der Waals surface area contributed by atoms with Gasteiger partial charge in [0.25, 0.3) is 5.91 Å². The standard InChI is InChI=1S/C16H21NO6S/c1-23-14-4-3-12(24(2,21)22)10-13(14)16(20)17-7-5-11(6-8-17)9-15(18)19/h3-4,10-11H,5-9H2,1-2H3,(H,18,19). The minimum atomic E-state index is -3.43. The van der Waals surface area contributed by atoms with E-state index in [1.807, 2.05) is 0 Å². The topological polar surface area (TPSA) is 101 Å². The Hall–Kier alpha value is -2.09. The maximum absolute atomic E-state index is 12.7. The van der Waals surface area contributed by atoms with E-state index >= 15 is 0 Å². The van der Waals surface area contributed by atoms with Gasteiger partial charge >= 0.3 is 5.97 Å². The maximum Gasteiger partial charge on any atom is 0.303 e. The van der Waals surface area contributed by atoms with Gasteiger partial charge in [0.15, 0.2) is 9.84 Å².